The summed E-state index contributed by atoms with van der Waals surface area (Å²) in [5.74, 6) is -2.03. The van der Waals surface area contributed by atoms with Gasteiger partial charge in [0.25, 0.3) is 5.56 Å². The van der Waals surface area contributed by atoms with Crippen molar-refractivity contribution < 1.29 is 13.6 Å². The second-order valence-corrected chi connectivity index (χ2v) is 4.61. The van der Waals surface area contributed by atoms with Crippen LogP contribution in [0.1, 0.15) is 22.8 Å². The molecule has 5 nitrogen and oxygen atoms in total. The summed E-state index contributed by atoms with van der Waals surface area (Å²) in [6.07, 6.45) is 1.09. The topological polar surface area (TPSA) is 61.1 Å². The molecular formula is C14H12F2N2O3. The molecule has 0 spiro atoms. The molecule has 0 N–H and O–H groups in total. The molecule has 0 fully saturated rings. The maximum Gasteiger partial charge on any atom is 0.331 e. The second-order valence-electron chi connectivity index (χ2n) is 4.61. The Bertz CT molecular complexity index is 837. The average Bonchev–Trinajstić information content (AvgIpc) is 2.41. The molecule has 2 aromatic rings. The lowest BCUT2D eigenvalue weighted by Gasteiger charge is -2.10. The normalized spacial score (nSPS) is 10.7. The van der Waals surface area contributed by atoms with Crippen molar-refractivity contribution in [2.45, 2.75) is 13.5 Å². The number of ketones is 1. The van der Waals surface area contributed by atoms with E-state index in [1.165, 1.54) is 20.0 Å². The van der Waals surface area contributed by atoms with Crippen LogP contribution in [-0.4, -0.2) is 14.9 Å². The first-order chi connectivity index (χ1) is 9.81. The molecule has 1 heterocycles. The lowest BCUT2D eigenvalue weighted by molar-refractivity contribution is 0.101. The second kappa shape index (κ2) is 5.43. The Morgan fingerprint density at radius 1 is 1.24 bits per heavy atom. The fraction of sp³-hybridized carbons (Fsp3) is 0.214. The number of aromatic nitrogens is 2. The number of Topliss-reactive ketones (excluding diaryl/α,β-unsaturated/α-hetero) is 1. The van der Waals surface area contributed by atoms with E-state index >= 15 is 0 Å². The summed E-state index contributed by atoms with van der Waals surface area (Å²) in [7, 11) is 1.23. The van der Waals surface area contributed by atoms with Gasteiger partial charge >= 0.3 is 5.69 Å². The molecule has 0 saturated heterocycles. The van der Waals surface area contributed by atoms with Gasteiger partial charge in [-0.3, -0.25) is 18.7 Å². The fourth-order valence-electron chi connectivity index (χ4n) is 1.91. The molecule has 21 heavy (non-hydrogen) atoms. The summed E-state index contributed by atoms with van der Waals surface area (Å²) in [5.41, 5.74) is -1.48. The molecule has 2 rings (SSSR count). The van der Waals surface area contributed by atoms with Crippen molar-refractivity contribution in [3.05, 3.63) is 68.0 Å². The van der Waals surface area contributed by atoms with Gasteiger partial charge in [0.05, 0.1) is 12.1 Å². The summed E-state index contributed by atoms with van der Waals surface area (Å²) >= 11 is 0. The monoisotopic (exact) mass is 294 g/mol. The number of hydrogen-bond donors (Lipinski definition) is 0. The molecule has 0 radical (unpaired) electrons. The highest BCUT2D eigenvalue weighted by Crippen LogP contribution is 2.10. The molecule has 110 valence electrons. The number of carbonyl (C=O) groups is 1. The zero-order valence-electron chi connectivity index (χ0n) is 11.4. The molecule has 0 bridgehead atoms. The molecule has 0 unspecified atom stereocenters. The van der Waals surface area contributed by atoms with Crippen LogP contribution in [0.2, 0.25) is 0 Å². The van der Waals surface area contributed by atoms with Gasteiger partial charge in [0.15, 0.2) is 5.78 Å². The first kappa shape index (κ1) is 14.8. The SMILES string of the molecule is CC(=O)c1cn(Cc2ccc(F)cc2F)c(=O)n(C)c1=O. The van der Waals surface area contributed by atoms with Gasteiger partial charge in [0, 0.05) is 24.9 Å². The predicted molar refractivity (Wildman–Crippen MR) is 71.4 cm³/mol. The summed E-state index contributed by atoms with van der Waals surface area (Å²) in [6.45, 7) is 0.989. The van der Waals surface area contributed by atoms with Crippen LogP contribution in [0.15, 0.2) is 34.0 Å². The molecule has 0 aliphatic carbocycles. The maximum atomic E-state index is 13.6. The number of carbonyl (C=O) groups excluding carboxylic acids is 1. The summed E-state index contributed by atoms with van der Waals surface area (Å²) < 4.78 is 28.3. The Morgan fingerprint density at radius 3 is 2.48 bits per heavy atom. The van der Waals surface area contributed by atoms with Crippen molar-refractivity contribution in [2.75, 3.05) is 0 Å². The number of benzene rings is 1. The Balaban J connectivity index is 2.57. The molecular weight excluding hydrogens is 282 g/mol. The first-order valence-corrected chi connectivity index (χ1v) is 6.06. The van der Waals surface area contributed by atoms with Crippen LogP contribution in [-0.2, 0) is 13.6 Å². The van der Waals surface area contributed by atoms with E-state index in [2.05, 4.69) is 0 Å². The van der Waals surface area contributed by atoms with Gasteiger partial charge in [-0.25, -0.2) is 13.6 Å². The molecule has 0 atom stereocenters. The number of nitrogens with zero attached hydrogens (tertiary/aromatic N) is 2. The Kier molecular flexibility index (Phi) is 3.84. The summed E-state index contributed by atoms with van der Waals surface area (Å²) in [5, 5.41) is 0. The quantitative estimate of drug-likeness (QED) is 0.796. The Labute approximate surface area is 118 Å². The van der Waals surface area contributed by atoms with Crippen molar-refractivity contribution in [1.29, 1.82) is 0 Å². The van der Waals surface area contributed by atoms with E-state index < -0.39 is 28.7 Å². The third-order valence-electron chi connectivity index (χ3n) is 3.09. The zero-order chi connectivity index (χ0) is 15.7. The minimum absolute atomic E-state index is 0.0756. The molecule has 0 saturated carbocycles. The Hall–Kier alpha value is -2.57. The van der Waals surface area contributed by atoms with E-state index in [4.69, 9.17) is 0 Å². The molecule has 0 amide bonds. The van der Waals surface area contributed by atoms with E-state index in [9.17, 15) is 23.2 Å². The van der Waals surface area contributed by atoms with E-state index in [-0.39, 0.29) is 17.7 Å². The van der Waals surface area contributed by atoms with Crippen molar-refractivity contribution in [2.24, 2.45) is 7.05 Å². The van der Waals surface area contributed by atoms with Gasteiger partial charge in [0.1, 0.15) is 11.6 Å². The van der Waals surface area contributed by atoms with Crippen molar-refractivity contribution in [1.82, 2.24) is 9.13 Å². The smallest absolute Gasteiger partial charge is 0.295 e. The molecule has 1 aromatic heterocycles. The van der Waals surface area contributed by atoms with Gasteiger partial charge in [0.2, 0.25) is 0 Å². The first-order valence-electron chi connectivity index (χ1n) is 6.06. The number of hydrogen-bond acceptors (Lipinski definition) is 3. The summed E-state index contributed by atoms with van der Waals surface area (Å²) in [4.78, 5) is 35.1. The maximum absolute atomic E-state index is 13.6. The number of rotatable bonds is 3. The minimum atomic E-state index is -0.805. The zero-order valence-corrected chi connectivity index (χ0v) is 11.4. The Morgan fingerprint density at radius 2 is 1.90 bits per heavy atom. The van der Waals surface area contributed by atoms with Gasteiger partial charge in [-0.1, -0.05) is 6.07 Å². The van der Waals surface area contributed by atoms with Gasteiger partial charge < -0.3 is 0 Å². The van der Waals surface area contributed by atoms with Crippen LogP contribution in [0, 0.1) is 11.6 Å². The standard InChI is InChI=1S/C14H12F2N2O3/c1-8(19)11-7-18(14(21)17(2)13(11)20)6-9-3-4-10(15)5-12(9)16/h3-5,7H,6H2,1-2H3. The largest absolute Gasteiger partial charge is 0.331 e. The predicted octanol–water partition coefficient (Wildman–Crippen LogP) is 1.08. The molecule has 1 aromatic carbocycles. The van der Waals surface area contributed by atoms with Crippen LogP contribution in [0.3, 0.4) is 0 Å². The third kappa shape index (κ3) is 2.81. The van der Waals surface area contributed by atoms with Crippen LogP contribution >= 0.6 is 0 Å². The third-order valence-corrected chi connectivity index (χ3v) is 3.09. The van der Waals surface area contributed by atoms with Crippen LogP contribution in [0.25, 0.3) is 0 Å². The van der Waals surface area contributed by atoms with E-state index in [0.717, 1.165) is 21.4 Å². The molecule has 0 aliphatic rings. The number of halogens is 2. The highest BCUT2D eigenvalue weighted by Gasteiger charge is 2.13. The van der Waals surface area contributed by atoms with Gasteiger partial charge in [-0.15, -0.1) is 0 Å². The van der Waals surface area contributed by atoms with Crippen LogP contribution in [0.4, 0.5) is 8.78 Å². The highest BCUT2D eigenvalue weighted by molar-refractivity contribution is 5.93. The molecule has 7 heteroatoms. The summed E-state index contributed by atoms with van der Waals surface area (Å²) in [6, 6.07) is 2.97. The van der Waals surface area contributed by atoms with Crippen molar-refractivity contribution in [3.8, 4) is 0 Å². The molecule has 0 aliphatic heterocycles. The van der Waals surface area contributed by atoms with E-state index in [1.54, 1.807) is 0 Å². The van der Waals surface area contributed by atoms with Crippen molar-refractivity contribution in [3.63, 3.8) is 0 Å². The van der Waals surface area contributed by atoms with E-state index in [0.29, 0.717) is 6.07 Å². The van der Waals surface area contributed by atoms with Crippen LogP contribution < -0.4 is 11.2 Å². The van der Waals surface area contributed by atoms with E-state index in [1.807, 2.05) is 0 Å². The van der Waals surface area contributed by atoms with Gasteiger partial charge in [-0.2, -0.15) is 0 Å². The average molecular weight is 294 g/mol. The lowest BCUT2D eigenvalue weighted by Crippen LogP contribution is -2.40. The lowest BCUT2D eigenvalue weighted by atomic mass is 10.2. The highest BCUT2D eigenvalue weighted by atomic mass is 19.1. The van der Waals surface area contributed by atoms with Crippen LogP contribution in [0.5, 0.6) is 0 Å². The fourth-order valence-corrected chi connectivity index (χ4v) is 1.91. The van der Waals surface area contributed by atoms with Crippen molar-refractivity contribution >= 4 is 5.78 Å². The minimum Gasteiger partial charge on any atom is -0.295 e. The van der Waals surface area contributed by atoms with Gasteiger partial charge in [-0.05, 0) is 13.0 Å².